The minimum Gasteiger partial charge on any atom is -0.477 e. The maximum atomic E-state index is 11.7. The van der Waals surface area contributed by atoms with Crippen LogP contribution in [-0.2, 0) is 4.79 Å². The molecule has 0 atom stereocenters. The normalized spacial score (nSPS) is 11.1. The van der Waals surface area contributed by atoms with Crippen molar-refractivity contribution in [2.75, 3.05) is 0 Å². The predicted molar refractivity (Wildman–Crippen MR) is 68.2 cm³/mol. The van der Waals surface area contributed by atoms with Crippen molar-refractivity contribution in [2.45, 2.75) is 0 Å². The number of hydrogen-bond acceptors (Lipinski definition) is 3. The van der Waals surface area contributed by atoms with E-state index in [1.807, 2.05) is 6.07 Å². The smallest absolute Gasteiger partial charge is 0.352 e. The quantitative estimate of drug-likeness (QED) is 0.822. The van der Waals surface area contributed by atoms with E-state index in [1.54, 1.807) is 30.3 Å². The van der Waals surface area contributed by atoms with Crippen molar-refractivity contribution >= 4 is 18.0 Å². The van der Waals surface area contributed by atoms with Gasteiger partial charge in [0.1, 0.15) is 5.70 Å². The third-order valence-electron chi connectivity index (χ3n) is 2.33. The van der Waals surface area contributed by atoms with Gasteiger partial charge in [0.15, 0.2) is 5.76 Å². The maximum Gasteiger partial charge on any atom is 0.352 e. The molecule has 0 aliphatic rings. The fraction of sp³-hybridized carbons (Fsp3) is 0. The topological polar surface area (TPSA) is 79.5 Å². The molecule has 1 amide bonds. The third kappa shape index (κ3) is 3.32. The molecule has 5 nitrogen and oxygen atoms in total. The van der Waals surface area contributed by atoms with Gasteiger partial charge >= 0.3 is 5.97 Å². The Morgan fingerprint density at radius 1 is 1.11 bits per heavy atom. The minimum atomic E-state index is -1.22. The molecule has 2 N–H and O–H groups in total. The van der Waals surface area contributed by atoms with Gasteiger partial charge in [-0.3, -0.25) is 4.79 Å². The Hall–Kier alpha value is -2.82. The molecule has 0 unspecified atom stereocenters. The number of amides is 1. The Morgan fingerprint density at radius 2 is 1.84 bits per heavy atom. The van der Waals surface area contributed by atoms with Crippen molar-refractivity contribution < 1.29 is 19.1 Å². The fourth-order valence-electron chi connectivity index (χ4n) is 1.46. The van der Waals surface area contributed by atoms with Gasteiger partial charge in [-0.05, 0) is 23.8 Å². The van der Waals surface area contributed by atoms with E-state index < -0.39 is 11.9 Å². The number of hydrogen-bond donors (Lipinski definition) is 2. The van der Waals surface area contributed by atoms with Gasteiger partial charge < -0.3 is 14.8 Å². The zero-order chi connectivity index (χ0) is 13.7. The lowest BCUT2D eigenvalue weighted by molar-refractivity contribution is -0.132. The van der Waals surface area contributed by atoms with Crippen LogP contribution in [-0.4, -0.2) is 17.0 Å². The molecule has 0 aliphatic heterocycles. The van der Waals surface area contributed by atoms with Crippen LogP contribution in [0.2, 0.25) is 0 Å². The molecule has 0 radical (unpaired) electrons. The second kappa shape index (κ2) is 5.68. The number of carboxylic acid groups (broad SMARTS) is 1. The Bertz CT molecular complexity index is 600. The number of nitrogens with one attached hydrogen (secondary N) is 1. The molecule has 2 aromatic rings. The molecule has 5 heteroatoms. The second-order valence-corrected chi connectivity index (χ2v) is 3.71. The lowest BCUT2D eigenvalue weighted by Crippen LogP contribution is -2.26. The van der Waals surface area contributed by atoms with Gasteiger partial charge in [-0.1, -0.05) is 30.3 Å². The van der Waals surface area contributed by atoms with Crippen molar-refractivity contribution in [3.63, 3.8) is 0 Å². The van der Waals surface area contributed by atoms with Crippen molar-refractivity contribution in [1.82, 2.24) is 5.32 Å². The average molecular weight is 257 g/mol. The molecule has 0 saturated carbocycles. The Morgan fingerprint density at radius 3 is 2.42 bits per heavy atom. The summed E-state index contributed by atoms with van der Waals surface area (Å²) in [6, 6.07) is 11.9. The lowest BCUT2D eigenvalue weighted by atomic mass is 10.2. The Kier molecular flexibility index (Phi) is 3.78. The molecule has 0 saturated heterocycles. The van der Waals surface area contributed by atoms with Crippen LogP contribution in [0.1, 0.15) is 16.1 Å². The number of carbonyl (C=O) groups is 2. The first kappa shape index (κ1) is 12.6. The predicted octanol–water partition coefficient (Wildman–Crippen LogP) is 2.14. The summed E-state index contributed by atoms with van der Waals surface area (Å²) in [6.45, 7) is 0. The van der Waals surface area contributed by atoms with Crippen LogP contribution in [0.5, 0.6) is 0 Å². The Labute approximate surface area is 109 Å². The molecular formula is C14H11NO4. The van der Waals surface area contributed by atoms with Gasteiger partial charge in [-0.25, -0.2) is 4.79 Å². The zero-order valence-electron chi connectivity index (χ0n) is 9.87. The summed E-state index contributed by atoms with van der Waals surface area (Å²) in [6.07, 6.45) is 2.72. The first-order valence-corrected chi connectivity index (χ1v) is 5.52. The standard InChI is InChI=1S/C14H11NO4/c16-13(12-7-4-8-19-12)15-11(14(17)18)9-10-5-2-1-3-6-10/h1-9H,(H,15,16)(H,17,18)/b11-9-. The summed E-state index contributed by atoms with van der Waals surface area (Å²) < 4.78 is 4.89. The lowest BCUT2D eigenvalue weighted by Gasteiger charge is -2.04. The van der Waals surface area contributed by atoms with E-state index in [9.17, 15) is 9.59 Å². The highest BCUT2D eigenvalue weighted by molar-refractivity contribution is 6.01. The second-order valence-electron chi connectivity index (χ2n) is 3.71. The highest BCUT2D eigenvalue weighted by Gasteiger charge is 2.14. The van der Waals surface area contributed by atoms with Crippen LogP contribution in [0.25, 0.3) is 6.08 Å². The van der Waals surface area contributed by atoms with E-state index in [-0.39, 0.29) is 11.5 Å². The summed E-state index contributed by atoms with van der Waals surface area (Å²) in [7, 11) is 0. The summed E-state index contributed by atoms with van der Waals surface area (Å²) in [5.74, 6) is -1.77. The maximum absolute atomic E-state index is 11.7. The average Bonchev–Trinajstić information content (AvgIpc) is 2.93. The largest absolute Gasteiger partial charge is 0.477 e. The van der Waals surface area contributed by atoms with Crippen molar-refractivity contribution in [3.05, 3.63) is 65.7 Å². The highest BCUT2D eigenvalue weighted by Crippen LogP contribution is 2.07. The van der Waals surface area contributed by atoms with E-state index in [0.29, 0.717) is 5.56 Å². The van der Waals surface area contributed by atoms with Gasteiger partial charge in [0.2, 0.25) is 0 Å². The molecule has 1 heterocycles. The molecule has 1 aromatic carbocycles. The van der Waals surface area contributed by atoms with Gasteiger partial charge in [0.05, 0.1) is 6.26 Å². The summed E-state index contributed by atoms with van der Waals surface area (Å²) in [5, 5.41) is 11.4. The van der Waals surface area contributed by atoms with Gasteiger partial charge in [-0.2, -0.15) is 0 Å². The van der Waals surface area contributed by atoms with E-state index in [4.69, 9.17) is 9.52 Å². The Balaban J connectivity index is 2.20. The highest BCUT2D eigenvalue weighted by atomic mass is 16.4. The number of aliphatic carboxylic acids is 1. The van der Waals surface area contributed by atoms with E-state index in [2.05, 4.69) is 5.32 Å². The molecule has 0 aliphatic carbocycles. The zero-order valence-corrected chi connectivity index (χ0v) is 9.87. The molecule has 1 aromatic heterocycles. The molecule has 0 spiro atoms. The van der Waals surface area contributed by atoms with Crippen molar-refractivity contribution in [2.24, 2.45) is 0 Å². The van der Waals surface area contributed by atoms with E-state index in [0.717, 1.165) is 0 Å². The molecule has 2 rings (SSSR count). The van der Waals surface area contributed by atoms with Crippen molar-refractivity contribution in [1.29, 1.82) is 0 Å². The van der Waals surface area contributed by atoms with Crippen molar-refractivity contribution in [3.8, 4) is 0 Å². The summed E-state index contributed by atoms with van der Waals surface area (Å²) in [4.78, 5) is 22.8. The van der Waals surface area contributed by atoms with Crippen LogP contribution in [0.15, 0.2) is 58.8 Å². The van der Waals surface area contributed by atoms with Gasteiger partial charge in [0, 0.05) is 0 Å². The third-order valence-corrected chi connectivity index (χ3v) is 2.33. The number of benzene rings is 1. The first-order chi connectivity index (χ1) is 9.16. The van der Waals surface area contributed by atoms with Crippen LogP contribution >= 0.6 is 0 Å². The van der Waals surface area contributed by atoms with E-state index in [1.165, 1.54) is 18.4 Å². The van der Waals surface area contributed by atoms with Crippen LogP contribution in [0, 0.1) is 0 Å². The number of carboxylic acids is 1. The molecule has 19 heavy (non-hydrogen) atoms. The summed E-state index contributed by atoms with van der Waals surface area (Å²) >= 11 is 0. The van der Waals surface area contributed by atoms with Gasteiger partial charge in [0.25, 0.3) is 5.91 Å². The van der Waals surface area contributed by atoms with E-state index >= 15 is 0 Å². The molecular weight excluding hydrogens is 246 g/mol. The number of rotatable bonds is 4. The monoisotopic (exact) mass is 257 g/mol. The first-order valence-electron chi connectivity index (χ1n) is 5.52. The minimum absolute atomic E-state index is 0.0558. The fourth-order valence-corrected chi connectivity index (χ4v) is 1.46. The number of carbonyl (C=O) groups excluding carboxylic acids is 1. The molecule has 0 bridgehead atoms. The molecule has 96 valence electrons. The molecule has 0 fully saturated rings. The van der Waals surface area contributed by atoms with Crippen LogP contribution in [0.4, 0.5) is 0 Å². The van der Waals surface area contributed by atoms with Crippen LogP contribution in [0.3, 0.4) is 0 Å². The summed E-state index contributed by atoms with van der Waals surface area (Å²) in [5.41, 5.74) is 0.465. The van der Waals surface area contributed by atoms with Gasteiger partial charge in [-0.15, -0.1) is 0 Å². The number of furan rings is 1. The SMILES string of the molecule is O=C(O)/C(=C/c1ccccc1)NC(=O)c1ccco1. The van der Waals surface area contributed by atoms with Crippen LogP contribution < -0.4 is 5.32 Å².